The average molecular weight is 367 g/mol. The van der Waals surface area contributed by atoms with Gasteiger partial charge in [-0.25, -0.2) is 8.42 Å². The summed E-state index contributed by atoms with van der Waals surface area (Å²) in [6.07, 6.45) is 0.787. The monoisotopic (exact) mass is 367 g/mol. The molecule has 8 heteroatoms. The second-order valence-electron chi connectivity index (χ2n) is 6.53. The van der Waals surface area contributed by atoms with E-state index in [1.54, 1.807) is 11.3 Å². The number of hydrogen-bond acceptors (Lipinski definition) is 7. The van der Waals surface area contributed by atoms with Gasteiger partial charge in [-0.05, 0) is 17.9 Å². The van der Waals surface area contributed by atoms with Crippen molar-refractivity contribution in [1.82, 2.24) is 15.0 Å². The smallest absolute Gasteiger partial charge is 0.177 e. The molecule has 2 aromatic heterocycles. The summed E-state index contributed by atoms with van der Waals surface area (Å²) < 4.78 is 28.7. The van der Waals surface area contributed by atoms with Crippen LogP contribution in [0.25, 0.3) is 10.6 Å². The van der Waals surface area contributed by atoms with Crippen molar-refractivity contribution >= 4 is 21.2 Å². The van der Waals surface area contributed by atoms with Gasteiger partial charge in [-0.1, -0.05) is 11.2 Å². The highest BCUT2D eigenvalue weighted by atomic mass is 32.2. The second-order valence-corrected chi connectivity index (χ2v) is 9.71. The zero-order valence-electron chi connectivity index (χ0n) is 13.4. The second kappa shape index (κ2) is 6.59. The predicted molar refractivity (Wildman–Crippen MR) is 93.7 cm³/mol. The Morgan fingerprint density at radius 3 is 2.79 bits per heavy atom. The van der Waals surface area contributed by atoms with E-state index in [-0.39, 0.29) is 6.04 Å². The quantitative estimate of drug-likeness (QED) is 0.820. The van der Waals surface area contributed by atoms with Crippen molar-refractivity contribution in [1.29, 1.82) is 0 Å². The van der Waals surface area contributed by atoms with E-state index in [2.05, 4.69) is 15.0 Å². The van der Waals surface area contributed by atoms with Crippen LogP contribution in [0.5, 0.6) is 0 Å². The van der Waals surface area contributed by atoms with Gasteiger partial charge in [0, 0.05) is 44.8 Å². The Balaban J connectivity index is 1.31. The summed E-state index contributed by atoms with van der Waals surface area (Å²) in [4.78, 5) is 5.79. The van der Waals surface area contributed by atoms with Gasteiger partial charge in [0.15, 0.2) is 15.6 Å². The van der Waals surface area contributed by atoms with Crippen LogP contribution in [-0.4, -0.2) is 67.1 Å². The van der Waals surface area contributed by atoms with Gasteiger partial charge in [0.2, 0.25) is 0 Å². The van der Waals surface area contributed by atoms with Gasteiger partial charge in [0.25, 0.3) is 0 Å². The molecule has 0 saturated carbocycles. The summed E-state index contributed by atoms with van der Waals surface area (Å²) in [5, 5.41) is 6.21. The Morgan fingerprint density at radius 2 is 2.12 bits per heavy atom. The van der Waals surface area contributed by atoms with E-state index in [0.717, 1.165) is 55.5 Å². The highest BCUT2D eigenvalue weighted by Gasteiger charge is 2.33. The third-order valence-corrected chi connectivity index (χ3v) is 7.48. The molecule has 0 N–H and O–H groups in total. The lowest BCUT2D eigenvalue weighted by Crippen LogP contribution is -2.50. The molecule has 2 aromatic rings. The van der Waals surface area contributed by atoms with Crippen molar-refractivity contribution in [2.75, 3.05) is 37.7 Å². The van der Waals surface area contributed by atoms with E-state index in [0.29, 0.717) is 11.5 Å². The van der Waals surface area contributed by atoms with Gasteiger partial charge < -0.3 is 4.52 Å². The van der Waals surface area contributed by atoms with E-state index in [1.807, 2.05) is 23.6 Å². The number of piperazine rings is 1. The minimum absolute atomic E-state index is 0.217. The Labute approximate surface area is 146 Å². The maximum absolute atomic E-state index is 11.6. The first-order chi connectivity index (χ1) is 11.6. The van der Waals surface area contributed by atoms with Crippen LogP contribution in [0.3, 0.4) is 0 Å². The maximum Gasteiger partial charge on any atom is 0.177 e. The van der Waals surface area contributed by atoms with Crippen LogP contribution in [0.2, 0.25) is 0 Å². The van der Waals surface area contributed by atoms with E-state index in [1.165, 1.54) is 0 Å². The maximum atomic E-state index is 11.6. The number of rotatable bonds is 4. The fourth-order valence-electron chi connectivity index (χ4n) is 3.50. The number of thiophene rings is 1. The molecule has 1 atom stereocenters. The van der Waals surface area contributed by atoms with Crippen molar-refractivity contribution in [2.24, 2.45) is 0 Å². The standard InChI is InChI=1S/C16H21N3O3S2/c20-24(21)9-3-14(12-24)19-6-4-18(5-7-19)11-13-10-15(22-17-13)16-2-1-8-23-16/h1-2,8,10,14H,3-7,9,11-12H2. The zero-order valence-corrected chi connectivity index (χ0v) is 15.1. The first-order valence-corrected chi connectivity index (χ1v) is 11.0. The molecule has 2 aliphatic heterocycles. The molecule has 4 heterocycles. The molecule has 2 saturated heterocycles. The lowest BCUT2D eigenvalue weighted by Gasteiger charge is -2.37. The SMILES string of the molecule is O=S1(=O)CCC(N2CCN(Cc3cc(-c4cccs4)on3)CC2)C1. The van der Waals surface area contributed by atoms with E-state index in [4.69, 9.17) is 4.52 Å². The third-order valence-electron chi connectivity index (χ3n) is 4.84. The minimum Gasteiger partial charge on any atom is -0.355 e. The first kappa shape index (κ1) is 16.3. The molecule has 4 rings (SSSR count). The molecule has 0 aliphatic carbocycles. The summed E-state index contributed by atoms with van der Waals surface area (Å²) in [7, 11) is -2.80. The van der Waals surface area contributed by atoms with Gasteiger partial charge in [0.05, 0.1) is 22.1 Å². The molecular formula is C16H21N3O3S2. The van der Waals surface area contributed by atoms with E-state index in [9.17, 15) is 8.42 Å². The van der Waals surface area contributed by atoms with Crippen LogP contribution in [0.4, 0.5) is 0 Å². The van der Waals surface area contributed by atoms with Crippen molar-refractivity contribution in [3.63, 3.8) is 0 Å². The Kier molecular flexibility index (Phi) is 4.46. The van der Waals surface area contributed by atoms with Gasteiger partial charge in [0.1, 0.15) is 0 Å². The molecule has 0 aromatic carbocycles. The summed E-state index contributed by atoms with van der Waals surface area (Å²) >= 11 is 1.65. The molecule has 0 amide bonds. The number of aromatic nitrogens is 1. The number of hydrogen-bond donors (Lipinski definition) is 0. The van der Waals surface area contributed by atoms with E-state index >= 15 is 0 Å². The summed E-state index contributed by atoms with van der Waals surface area (Å²) in [6.45, 7) is 4.52. The fourth-order valence-corrected chi connectivity index (χ4v) is 5.94. The van der Waals surface area contributed by atoms with Crippen LogP contribution in [0.15, 0.2) is 28.1 Å². The third kappa shape index (κ3) is 3.56. The molecule has 0 bridgehead atoms. The molecule has 130 valence electrons. The Morgan fingerprint density at radius 1 is 1.29 bits per heavy atom. The molecule has 24 heavy (non-hydrogen) atoms. The predicted octanol–water partition coefficient (Wildman–Crippen LogP) is 1.71. The van der Waals surface area contributed by atoms with Crippen LogP contribution < -0.4 is 0 Å². The van der Waals surface area contributed by atoms with Gasteiger partial charge in [-0.2, -0.15) is 0 Å². The summed E-state index contributed by atoms with van der Waals surface area (Å²) in [5.74, 6) is 1.51. The molecular weight excluding hydrogens is 346 g/mol. The zero-order chi connectivity index (χ0) is 16.6. The lowest BCUT2D eigenvalue weighted by molar-refractivity contribution is 0.0985. The molecule has 0 radical (unpaired) electrons. The Bertz CT molecular complexity index is 777. The van der Waals surface area contributed by atoms with Gasteiger partial charge >= 0.3 is 0 Å². The molecule has 0 spiro atoms. The number of nitrogens with zero attached hydrogens (tertiary/aromatic N) is 3. The van der Waals surface area contributed by atoms with E-state index < -0.39 is 9.84 Å². The normalized spacial score (nSPS) is 25.2. The number of sulfone groups is 1. The molecule has 6 nitrogen and oxygen atoms in total. The van der Waals surface area contributed by atoms with Crippen molar-refractivity contribution in [3.8, 4) is 10.6 Å². The fraction of sp³-hybridized carbons (Fsp3) is 0.562. The average Bonchev–Trinajstić information content (AvgIpc) is 3.28. The van der Waals surface area contributed by atoms with Crippen LogP contribution in [0.1, 0.15) is 12.1 Å². The summed E-state index contributed by atoms with van der Waals surface area (Å²) in [6, 6.07) is 6.27. The van der Waals surface area contributed by atoms with Crippen molar-refractivity contribution < 1.29 is 12.9 Å². The highest BCUT2D eigenvalue weighted by molar-refractivity contribution is 7.91. The molecule has 2 fully saturated rings. The lowest BCUT2D eigenvalue weighted by atomic mass is 10.2. The first-order valence-electron chi connectivity index (χ1n) is 8.25. The van der Waals surface area contributed by atoms with Crippen LogP contribution >= 0.6 is 11.3 Å². The molecule has 2 aliphatic rings. The molecule has 1 unspecified atom stereocenters. The van der Waals surface area contributed by atoms with Crippen molar-refractivity contribution in [2.45, 2.75) is 19.0 Å². The van der Waals surface area contributed by atoms with Crippen LogP contribution in [0, 0.1) is 0 Å². The minimum atomic E-state index is -2.80. The largest absolute Gasteiger partial charge is 0.355 e. The topological polar surface area (TPSA) is 66.7 Å². The van der Waals surface area contributed by atoms with Gasteiger partial charge in [-0.3, -0.25) is 9.80 Å². The highest BCUT2D eigenvalue weighted by Crippen LogP contribution is 2.26. The van der Waals surface area contributed by atoms with Gasteiger partial charge in [-0.15, -0.1) is 11.3 Å². The summed E-state index contributed by atoms with van der Waals surface area (Å²) in [5.41, 5.74) is 0.954. The van der Waals surface area contributed by atoms with Crippen LogP contribution in [-0.2, 0) is 16.4 Å². The van der Waals surface area contributed by atoms with Crippen molar-refractivity contribution in [3.05, 3.63) is 29.3 Å². The Hall–Kier alpha value is -1.22.